The number of furan rings is 1. The molecule has 0 bridgehead atoms. The van der Waals surface area contributed by atoms with Crippen LogP contribution in [0, 0.1) is 17.0 Å². The van der Waals surface area contributed by atoms with Gasteiger partial charge < -0.3 is 4.42 Å². The maximum absolute atomic E-state index is 11.1. The van der Waals surface area contributed by atoms with Crippen LogP contribution in [0.25, 0.3) is 22.4 Å². The molecular formula is C13H8ClN3O3. The molecule has 20 heavy (non-hydrogen) atoms. The molecule has 0 atom stereocenters. The number of hydrogen-bond donors (Lipinski definition) is 0. The van der Waals surface area contributed by atoms with Crippen LogP contribution in [0.4, 0.5) is 5.69 Å². The second kappa shape index (κ2) is 4.57. The Bertz CT molecular complexity index is 829. The van der Waals surface area contributed by atoms with Gasteiger partial charge in [0.05, 0.1) is 4.92 Å². The highest BCUT2D eigenvalue weighted by molar-refractivity contribution is 6.31. The third kappa shape index (κ3) is 1.90. The second-order valence-corrected chi connectivity index (χ2v) is 4.58. The summed E-state index contributed by atoms with van der Waals surface area (Å²) in [6.45, 7) is 1.90. The molecule has 0 amide bonds. The number of nitro groups is 1. The molecule has 100 valence electrons. The SMILES string of the molecule is Cc1cccc2cc(-c3ncnc(Cl)c3[N+](=O)[O-])oc12. The van der Waals surface area contributed by atoms with Gasteiger partial charge in [0.25, 0.3) is 0 Å². The van der Waals surface area contributed by atoms with Gasteiger partial charge in [0.1, 0.15) is 11.9 Å². The summed E-state index contributed by atoms with van der Waals surface area (Å²) in [6, 6.07) is 7.35. The number of halogens is 1. The number of hydrogen-bond acceptors (Lipinski definition) is 5. The van der Waals surface area contributed by atoms with Crippen LogP contribution in [0.3, 0.4) is 0 Å². The molecule has 1 aromatic carbocycles. The number of fused-ring (bicyclic) bond motifs is 1. The first-order valence-corrected chi connectivity index (χ1v) is 6.10. The predicted octanol–water partition coefficient (Wildman–Crippen LogP) is 3.76. The largest absolute Gasteiger partial charge is 0.454 e. The minimum absolute atomic E-state index is 0.0746. The van der Waals surface area contributed by atoms with Gasteiger partial charge in [-0.05, 0) is 18.6 Å². The molecule has 3 rings (SSSR count). The van der Waals surface area contributed by atoms with Crippen LogP contribution in [0.5, 0.6) is 0 Å². The smallest absolute Gasteiger partial charge is 0.335 e. The number of rotatable bonds is 2. The monoisotopic (exact) mass is 289 g/mol. The van der Waals surface area contributed by atoms with Crippen LogP contribution >= 0.6 is 11.6 Å². The van der Waals surface area contributed by atoms with Gasteiger partial charge in [0, 0.05) is 5.39 Å². The van der Waals surface area contributed by atoms with Gasteiger partial charge in [-0.2, -0.15) is 0 Å². The molecule has 0 spiro atoms. The van der Waals surface area contributed by atoms with Gasteiger partial charge in [-0.15, -0.1) is 0 Å². The molecule has 0 unspecified atom stereocenters. The normalized spacial score (nSPS) is 10.9. The molecule has 0 aliphatic carbocycles. The predicted molar refractivity (Wildman–Crippen MR) is 73.6 cm³/mol. The Labute approximate surface area is 118 Å². The van der Waals surface area contributed by atoms with E-state index in [0.29, 0.717) is 11.3 Å². The highest BCUT2D eigenvalue weighted by atomic mass is 35.5. The number of aryl methyl sites for hydroxylation is 1. The fourth-order valence-corrected chi connectivity index (χ4v) is 2.23. The molecule has 0 saturated heterocycles. The van der Waals surface area contributed by atoms with E-state index in [1.54, 1.807) is 6.07 Å². The number of aromatic nitrogens is 2. The van der Waals surface area contributed by atoms with E-state index >= 15 is 0 Å². The lowest BCUT2D eigenvalue weighted by molar-refractivity contribution is -0.384. The molecule has 0 fully saturated rings. The topological polar surface area (TPSA) is 82.1 Å². The van der Waals surface area contributed by atoms with Crippen molar-refractivity contribution < 1.29 is 9.34 Å². The lowest BCUT2D eigenvalue weighted by Gasteiger charge is -1.99. The van der Waals surface area contributed by atoms with Crippen LogP contribution in [0.2, 0.25) is 5.15 Å². The molecule has 0 radical (unpaired) electrons. The first-order valence-electron chi connectivity index (χ1n) is 5.72. The zero-order valence-electron chi connectivity index (χ0n) is 10.3. The van der Waals surface area contributed by atoms with E-state index in [-0.39, 0.29) is 16.5 Å². The Morgan fingerprint density at radius 2 is 2.15 bits per heavy atom. The van der Waals surface area contributed by atoms with E-state index in [0.717, 1.165) is 10.9 Å². The van der Waals surface area contributed by atoms with Crippen LogP contribution in [-0.4, -0.2) is 14.9 Å². The lowest BCUT2D eigenvalue weighted by atomic mass is 10.2. The zero-order valence-corrected chi connectivity index (χ0v) is 11.1. The van der Waals surface area contributed by atoms with Gasteiger partial charge in [0.15, 0.2) is 11.5 Å². The minimum atomic E-state index is -0.613. The van der Waals surface area contributed by atoms with E-state index in [2.05, 4.69) is 9.97 Å². The second-order valence-electron chi connectivity index (χ2n) is 4.22. The van der Waals surface area contributed by atoms with Crippen molar-refractivity contribution in [1.82, 2.24) is 9.97 Å². The number of benzene rings is 1. The van der Waals surface area contributed by atoms with Crippen molar-refractivity contribution in [3.63, 3.8) is 0 Å². The summed E-state index contributed by atoms with van der Waals surface area (Å²) in [5, 5.41) is 11.7. The Hall–Kier alpha value is -2.47. The molecular weight excluding hydrogens is 282 g/mol. The van der Waals surface area contributed by atoms with Crippen molar-refractivity contribution in [2.24, 2.45) is 0 Å². The molecule has 0 saturated carbocycles. The summed E-state index contributed by atoms with van der Waals surface area (Å²) < 4.78 is 5.68. The summed E-state index contributed by atoms with van der Waals surface area (Å²) in [5.74, 6) is 0.297. The Morgan fingerprint density at radius 3 is 2.85 bits per heavy atom. The first-order chi connectivity index (χ1) is 9.58. The third-order valence-electron chi connectivity index (χ3n) is 2.93. The molecule has 0 aliphatic heterocycles. The maximum Gasteiger partial charge on any atom is 0.335 e. The summed E-state index contributed by atoms with van der Waals surface area (Å²) in [6.07, 6.45) is 1.17. The van der Waals surface area contributed by atoms with E-state index in [9.17, 15) is 10.1 Å². The van der Waals surface area contributed by atoms with Crippen molar-refractivity contribution >= 4 is 28.3 Å². The summed E-state index contributed by atoms with van der Waals surface area (Å²) >= 11 is 5.77. The summed E-state index contributed by atoms with van der Waals surface area (Å²) in [4.78, 5) is 18.0. The van der Waals surface area contributed by atoms with E-state index in [1.165, 1.54) is 6.33 Å². The summed E-state index contributed by atoms with van der Waals surface area (Å²) in [7, 11) is 0. The van der Waals surface area contributed by atoms with Crippen LogP contribution < -0.4 is 0 Å². The number of nitrogens with zero attached hydrogens (tertiary/aromatic N) is 3. The molecule has 0 N–H and O–H groups in total. The zero-order chi connectivity index (χ0) is 14.3. The Kier molecular flexibility index (Phi) is 2.87. The molecule has 3 aromatic rings. The number of para-hydroxylation sites is 1. The van der Waals surface area contributed by atoms with Crippen LogP contribution in [0.15, 0.2) is 35.0 Å². The first kappa shape index (κ1) is 12.6. The van der Waals surface area contributed by atoms with Crippen molar-refractivity contribution in [1.29, 1.82) is 0 Å². The standard InChI is InChI=1S/C13H8ClN3O3/c1-7-3-2-4-8-5-9(20-12(7)8)10-11(17(18)19)13(14)16-6-15-10/h2-6H,1H3. The van der Waals surface area contributed by atoms with Gasteiger partial charge in [-0.1, -0.05) is 29.8 Å². The molecule has 6 nitrogen and oxygen atoms in total. The molecule has 2 heterocycles. The van der Waals surface area contributed by atoms with Crippen molar-refractivity contribution in [3.05, 3.63) is 51.4 Å². The van der Waals surface area contributed by atoms with Gasteiger partial charge >= 0.3 is 5.69 Å². The maximum atomic E-state index is 11.1. The van der Waals surface area contributed by atoms with Gasteiger partial charge in [-0.3, -0.25) is 10.1 Å². The van der Waals surface area contributed by atoms with E-state index in [1.807, 2.05) is 25.1 Å². The average Bonchev–Trinajstić information content (AvgIpc) is 2.83. The highest BCUT2D eigenvalue weighted by Gasteiger charge is 2.25. The summed E-state index contributed by atoms with van der Waals surface area (Å²) in [5.41, 5.74) is 1.33. The van der Waals surface area contributed by atoms with Crippen molar-refractivity contribution in [2.45, 2.75) is 6.92 Å². The molecule has 0 aliphatic rings. The Morgan fingerprint density at radius 1 is 1.35 bits per heavy atom. The fourth-order valence-electron chi connectivity index (χ4n) is 2.02. The average molecular weight is 290 g/mol. The molecule has 2 aromatic heterocycles. The van der Waals surface area contributed by atoms with Crippen LogP contribution in [-0.2, 0) is 0 Å². The highest BCUT2D eigenvalue weighted by Crippen LogP contribution is 2.36. The fraction of sp³-hybridized carbons (Fsp3) is 0.0769. The third-order valence-corrected chi connectivity index (χ3v) is 3.21. The van der Waals surface area contributed by atoms with E-state index in [4.69, 9.17) is 16.0 Å². The van der Waals surface area contributed by atoms with Crippen molar-refractivity contribution in [2.75, 3.05) is 0 Å². The van der Waals surface area contributed by atoms with Gasteiger partial charge in [-0.25, -0.2) is 9.97 Å². The Balaban J connectivity index is 2.29. The van der Waals surface area contributed by atoms with E-state index < -0.39 is 4.92 Å². The lowest BCUT2D eigenvalue weighted by Crippen LogP contribution is -1.96. The van der Waals surface area contributed by atoms with Crippen molar-refractivity contribution in [3.8, 4) is 11.5 Å². The molecule has 7 heteroatoms. The van der Waals surface area contributed by atoms with Crippen LogP contribution in [0.1, 0.15) is 5.56 Å². The van der Waals surface area contributed by atoms with Gasteiger partial charge in [0.2, 0.25) is 5.15 Å². The minimum Gasteiger partial charge on any atom is -0.454 e. The quantitative estimate of drug-likeness (QED) is 0.407.